The first kappa shape index (κ1) is 16.6. The molecule has 1 fully saturated rings. The van der Waals surface area contributed by atoms with Crippen LogP contribution in [-0.4, -0.2) is 32.0 Å². The van der Waals surface area contributed by atoms with Crippen molar-refractivity contribution in [3.8, 4) is 0 Å². The van der Waals surface area contributed by atoms with Crippen molar-refractivity contribution >= 4 is 21.6 Å². The second-order valence-corrected chi connectivity index (χ2v) is 8.29. The number of allylic oxidation sites excluding steroid dienone is 2. The van der Waals surface area contributed by atoms with Gasteiger partial charge in [-0.05, 0) is 24.6 Å². The molecule has 3 rings (SSSR count). The summed E-state index contributed by atoms with van der Waals surface area (Å²) in [6, 6.07) is 7.81. The molecule has 0 N–H and O–H groups in total. The Morgan fingerprint density at radius 3 is 2.62 bits per heavy atom. The average Bonchev–Trinajstić information content (AvgIpc) is 2.57. The van der Waals surface area contributed by atoms with Gasteiger partial charge in [-0.25, -0.2) is 8.42 Å². The Morgan fingerprint density at radius 2 is 1.96 bits per heavy atom. The second-order valence-electron chi connectivity index (χ2n) is 6.22. The molecule has 0 saturated carbocycles. The van der Waals surface area contributed by atoms with Crippen LogP contribution < -0.4 is 0 Å². The lowest BCUT2D eigenvalue weighted by molar-refractivity contribution is -0.157. The number of cyclic esters (lactones) is 1. The van der Waals surface area contributed by atoms with Crippen molar-refractivity contribution in [3.05, 3.63) is 55.1 Å². The monoisotopic (exact) mass is 346 g/mol. The lowest BCUT2D eigenvalue weighted by Gasteiger charge is -2.45. The third-order valence-corrected chi connectivity index (χ3v) is 6.89. The van der Waals surface area contributed by atoms with E-state index in [-0.39, 0.29) is 23.7 Å². The lowest BCUT2D eigenvalue weighted by Crippen LogP contribution is -2.55. The van der Waals surface area contributed by atoms with Crippen LogP contribution in [0.5, 0.6) is 0 Å². The summed E-state index contributed by atoms with van der Waals surface area (Å²) in [6.45, 7) is 3.78. The highest BCUT2D eigenvalue weighted by Gasteiger charge is 2.55. The zero-order chi connectivity index (χ0) is 17.4. The molecule has 1 aliphatic heterocycles. The lowest BCUT2D eigenvalue weighted by atomic mass is 9.65. The van der Waals surface area contributed by atoms with E-state index in [4.69, 9.17) is 4.74 Å². The molecule has 24 heavy (non-hydrogen) atoms. The molecule has 1 aromatic carbocycles. The normalized spacial score (nSPS) is 29.7. The molecule has 2 aliphatic rings. The third-order valence-electron chi connectivity index (χ3n) is 4.77. The van der Waals surface area contributed by atoms with Crippen LogP contribution in [0.25, 0.3) is 0 Å². The summed E-state index contributed by atoms with van der Waals surface area (Å²) in [5, 5.41) is -1.39. The summed E-state index contributed by atoms with van der Waals surface area (Å²) in [5.74, 6) is -1.62. The molecular weight excluding hydrogens is 328 g/mol. The Kier molecular flexibility index (Phi) is 4.17. The molecule has 5 nitrogen and oxygen atoms in total. The van der Waals surface area contributed by atoms with Crippen molar-refractivity contribution in [1.29, 1.82) is 0 Å². The van der Waals surface area contributed by atoms with Gasteiger partial charge < -0.3 is 4.74 Å². The molecule has 6 heteroatoms. The number of rotatable bonds is 4. The van der Waals surface area contributed by atoms with Crippen LogP contribution in [0, 0.1) is 11.3 Å². The number of carbonyl (C=O) groups is 2. The predicted molar refractivity (Wildman–Crippen MR) is 87.9 cm³/mol. The number of esters is 1. The highest BCUT2D eigenvalue weighted by molar-refractivity contribution is 7.92. The van der Waals surface area contributed by atoms with Gasteiger partial charge in [-0.1, -0.05) is 30.4 Å². The first-order chi connectivity index (χ1) is 11.4. The summed E-state index contributed by atoms with van der Waals surface area (Å²) >= 11 is 0. The van der Waals surface area contributed by atoms with Crippen LogP contribution in [-0.2, 0) is 24.2 Å². The molecule has 0 aromatic heterocycles. The smallest absolute Gasteiger partial charge is 0.325 e. The molecule has 0 radical (unpaired) electrons. The van der Waals surface area contributed by atoms with Gasteiger partial charge in [0.2, 0.25) is 0 Å². The van der Waals surface area contributed by atoms with Crippen LogP contribution in [0.2, 0.25) is 0 Å². The molecule has 1 heterocycles. The van der Waals surface area contributed by atoms with E-state index in [9.17, 15) is 18.0 Å². The zero-order valence-corrected chi connectivity index (χ0v) is 13.9. The van der Waals surface area contributed by atoms with Gasteiger partial charge in [-0.3, -0.25) is 9.59 Å². The molecule has 0 unspecified atom stereocenters. The largest absolute Gasteiger partial charge is 0.464 e. The van der Waals surface area contributed by atoms with E-state index >= 15 is 0 Å². The van der Waals surface area contributed by atoms with Crippen molar-refractivity contribution in [3.63, 3.8) is 0 Å². The fourth-order valence-electron chi connectivity index (χ4n) is 3.53. The molecular formula is C18H18O5S. The minimum absolute atomic E-state index is 0.0101. The van der Waals surface area contributed by atoms with Gasteiger partial charge in [0.1, 0.15) is 6.61 Å². The number of hydrogen-bond donors (Lipinski definition) is 0. The second kappa shape index (κ2) is 6.02. The summed E-state index contributed by atoms with van der Waals surface area (Å²) in [4.78, 5) is 24.3. The molecule has 1 aromatic rings. The van der Waals surface area contributed by atoms with E-state index in [1.54, 1.807) is 30.4 Å². The summed E-state index contributed by atoms with van der Waals surface area (Å²) in [7, 11) is -3.96. The zero-order valence-electron chi connectivity index (χ0n) is 13.1. The first-order valence-electron chi connectivity index (χ1n) is 7.69. The van der Waals surface area contributed by atoms with E-state index in [1.807, 2.05) is 0 Å². The van der Waals surface area contributed by atoms with Gasteiger partial charge in [0.15, 0.2) is 20.9 Å². The van der Waals surface area contributed by atoms with Crippen LogP contribution in [0.4, 0.5) is 0 Å². The number of ketones is 1. The van der Waals surface area contributed by atoms with Crippen molar-refractivity contribution in [1.82, 2.24) is 0 Å². The Labute approximate surface area is 140 Å². The van der Waals surface area contributed by atoms with Crippen LogP contribution in [0.15, 0.2) is 60.0 Å². The molecule has 0 spiro atoms. The number of hydrogen-bond acceptors (Lipinski definition) is 5. The Balaban J connectivity index is 2.12. The van der Waals surface area contributed by atoms with Gasteiger partial charge in [0.05, 0.1) is 4.90 Å². The molecule has 1 saturated heterocycles. The molecule has 3 atom stereocenters. The van der Waals surface area contributed by atoms with E-state index in [2.05, 4.69) is 6.58 Å². The summed E-state index contributed by atoms with van der Waals surface area (Å²) < 4.78 is 31.3. The fraction of sp³-hybridized carbons (Fsp3) is 0.333. The van der Waals surface area contributed by atoms with E-state index < -0.39 is 32.4 Å². The van der Waals surface area contributed by atoms with Gasteiger partial charge in [-0.2, -0.15) is 0 Å². The van der Waals surface area contributed by atoms with Crippen molar-refractivity contribution in [2.75, 3.05) is 6.61 Å². The number of carbonyl (C=O) groups excluding carboxylic acids is 2. The van der Waals surface area contributed by atoms with Crippen molar-refractivity contribution < 1.29 is 22.7 Å². The fourth-order valence-corrected chi connectivity index (χ4v) is 5.48. The topological polar surface area (TPSA) is 77.5 Å². The highest BCUT2D eigenvalue weighted by Crippen LogP contribution is 2.47. The number of sulfone groups is 1. The Bertz CT molecular complexity index is 809. The van der Waals surface area contributed by atoms with Crippen LogP contribution >= 0.6 is 0 Å². The molecule has 0 amide bonds. The van der Waals surface area contributed by atoms with Crippen molar-refractivity contribution in [2.24, 2.45) is 11.3 Å². The molecule has 0 bridgehead atoms. The quantitative estimate of drug-likeness (QED) is 0.616. The van der Waals surface area contributed by atoms with E-state index in [1.165, 1.54) is 18.2 Å². The van der Waals surface area contributed by atoms with Gasteiger partial charge in [-0.15, -0.1) is 6.58 Å². The predicted octanol–water partition coefficient (Wildman–Crippen LogP) is 2.09. The standard InChI is InChI=1S/C18H18O5S/c1-2-9-18-10-8-13(19)11-15(18)16(17(20)23-12-18)24(21,22)14-6-4-3-5-7-14/h2-8,10,15-16H,1,9,11-12H2/t15-,16-,18+/m1/s1. The molecule has 126 valence electrons. The van der Waals surface area contributed by atoms with Crippen molar-refractivity contribution in [2.45, 2.75) is 23.0 Å². The highest BCUT2D eigenvalue weighted by atomic mass is 32.2. The van der Waals surface area contributed by atoms with Crippen LogP contribution in [0.3, 0.4) is 0 Å². The Morgan fingerprint density at radius 1 is 1.25 bits per heavy atom. The van der Waals surface area contributed by atoms with Crippen LogP contribution in [0.1, 0.15) is 12.8 Å². The number of benzene rings is 1. The van der Waals surface area contributed by atoms with E-state index in [0.29, 0.717) is 6.42 Å². The number of ether oxygens (including phenoxy) is 1. The third kappa shape index (κ3) is 2.60. The van der Waals surface area contributed by atoms with E-state index in [0.717, 1.165) is 0 Å². The van der Waals surface area contributed by atoms with Gasteiger partial charge >= 0.3 is 5.97 Å². The Hall–Kier alpha value is -2.21. The minimum Gasteiger partial charge on any atom is -0.464 e. The van der Waals surface area contributed by atoms with Gasteiger partial charge in [0, 0.05) is 17.8 Å². The average molecular weight is 346 g/mol. The minimum atomic E-state index is -3.96. The first-order valence-corrected chi connectivity index (χ1v) is 9.24. The SMILES string of the molecule is C=CC[C@@]12C=CC(=O)C[C@@H]1[C@@H](S(=O)(=O)c1ccccc1)C(=O)OC2. The van der Waals surface area contributed by atoms with Gasteiger partial charge in [0.25, 0.3) is 0 Å². The number of fused-ring (bicyclic) bond motifs is 1. The maximum Gasteiger partial charge on any atom is 0.325 e. The summed E-state index contributed by atoms with van der Waals surface area (Å²) in [6.07, 6.45) is 5.25. The maximum atomic E-state index is 13.0. The molecule has 1 aliphatic carbocycles. The maximum absolute atomic E-state index is 13.0. The summed E-state index contributed by atoms with van der Waals surface area (Å²) in [5.41, 5.74) is -0.698.